The van der Waals surface area contributed by atoms with Crippen LogP contribution in [0.15, 0.2) is 0 Å². The molecule has 108 valence electrons. The highest BCUT2D eigenvalue weighted by Gasteiger charge is 2.40. The van der Waals surface area contributed by atoms with Crippen LogP contribution in [-0.4, -0.2) is 53.5 Å². The standard InChI is InChI=1S/C15H27N3O/c1-11-9-17-8-4-5-12(17)10-18(11)15(19)13-6-2-3-7-14(13)16/h11-14H,2-10,16H2,1H3. The van der Waals surface area contributed by atoms with Gasteiger partial charge in [0, 0.05) is 31.2 Å². The first-order valence-corrected chi connectivity index (χ1v) is 7.97. The molecule has 4 atom stereocenters. The van der Waals surface area contributed by atoms with Crippen LogP contribution in [-0.2, 0) is 4.79 Å². The Balaban J connectivity index is 1.68. The first kappa shape index (κ1) is 13.4. The zero-order valence-corrected chi connectivity index (χ0v) is 12.1. The molecule has 2 saturated heterocycles. The molecule has 4 nitrogen and oxygen atoms in total. The van der Waals surface area contributed by atoms with E-state index in [4.69, 9.17) is 5.73 Å². The van der Waals surface area contributed by atoms with E-state index in [2.05, 4.69) is 16.7 Å². The van der Waals surface area contributed by atoms with Crippen LogP contribution in [0.4, 0.5) is 0 Å². The molecule has 19 heavy (non-hydrogen) atoms. The molecule has 2 heterocycles. The van der Waals surface area contributed by atoms with Crippen LogP contribution >= 0.6 is 0 Å². The van der Waals surface area contributed by atoms with E-state index in [-0.39, 0.29) is 12.0 Å². The summed E-state index contributed by atoms with van der Waals surface area (Å²) in [5.41, 5.74) is 6.18. The number of nitrogens with two attached hydrogens (primary N) is 1. The van der Waals surface area contributed by atoms with Crippen molar-refractivity contribution in [3.05, 3.63) is 0 Å². The molecule has 4 heteroatoms. The fourth-order valence-electron chi connectivity index (χ4n) is 4.17. The molecule has 1 aliphatic carbocycles. The lowest BCUT2D eigenvalue weighted by molar-refractivity contribution is -0.142. The fourth-order valence-corrected chi connectivity index (χ4v) is 4.17. The summed E-state index contributed by atoms with van der Waals surface area (Å²) >= 11 is 0. The Morgan fingerprint density at radius 3 is 2.68 bits per heavy atom. The fraction of sp³-hybridized carbons (Fsp3) is 0.933. The van der Waals surface area contributed by atoms with E-state index < -0.39 is 0 Å². The zero-order valence-electron chi connectivity index (χ0n) is 12.1. The predicted octanol–water partition coefficient (Wildman–Crippen LogP) is 1.20. The molecule has 1 amide bonds. The number of amides is 1. The summed E-state index contributed by atoms with van der Waals surface area (Å²) in [5, 5.41) is 0. The maximum absolute atomic E-state index is 12.8. The number of piperazine rings is 1. The van der Waals surface area contributed by atoms with Gasteiger partial charge in [0.1, 0.15) is 0 Å². The zero-order chi connectivity index (χ0) is 13.4. The minimum atomic E-state index is 0.0872. The van der Waals surface area contributed by atoms with Gasteiger partial charge in [-0.1, -0.05) is 12.8 Å². The Morgan fingerprint density at radius 2 is 1.89 bits per heavy atom. The number of carbonyl (C=O) groups excluding carboxylic acids is 1. The summed E-state index contributed by atoms with van der Waals surface area (Å²) in [6.07, 6.45) is 6.93. The molecule has 0 aromatic heterocycles. The second-order valence-corrected chi connectivity index (χ2v) is 6.69. The number of nitrogens with zero attached hydrogens (tertiary/aromatic N) is 2. The van der Waals surface area contributed by atoms with Crippen LogP contribution in [0.25, 0.3) is 0 Å². The SMILES string of the molecule is CC1CN2CCCC2CN1C(=O)C1CCCCC1N. The van der Waals surface area contributed by atoms with Gasteiger partial charge in [-0.2, -0.15) is 0 Å². The highest BCUT2D eigenvalue weighted by atomic mass is 16.2. The van der Waals surface area contributed by atoms with Crippen LogP contribution < -0.4 is 5.73 Å². The van der Waals surface area contributed by atoms with Gasteiger partial charge in [0.15, 0.2) is 0 Å². The summed E-state index contributed by atoms with van der Waals surface area (Å²) in [5.74, 6) is 0.426. The predicted molar refractivity (Wildman–Crippen MR) is 75.7 cm³/mol. The maximum atomic E-state index is 12.8. The van der Waals surface area contributed by atoms with Crippen molar-refractivity contribution in [2.24, 2.45) is 11.7 Å². The van der Waals surface area contributed by atoms with Crippen LogP contribution in [0.5, 0.6) is 0 Å². The number of rotatable bonds is 1. The van der Waals surface area contributed by atoms with Crippen molar-refractivity contribution >= 4 is 5.91 Å². The molecule has 2 aliphatic heterocycles. The minimum absolute atomic E-state index is 0.0872. The van der Waals surface area contributed by atoms with Crippen LogP contribution in [0, 0.1) is 5.92 Å². The van der Waals surface area contributed by atoms with Gasteiger partial charge in [-0.25, -0.2) is 0 Å². The first-order chi connectivity index (χ1) is 9.16. The molecule has 0 spiro atoms. The largest absolute Gasteiger partial charge is 0.337 e. The highest BCUT2D eigenvalue weighted by molar-refractivity contribution is 5.80. The van der Waals surface area contributed by atoms with E-state index in [0.717, 1.165) is 25.9 Å². The minimum Gasteiger partial charge on any atom is -0.337 e. The second-order valence-electron chi connectivity index (χ2n) is 6.69. The third kappa shape index (κ3) is 2.52. The van der Waals surface area contributed by atoms with Gasteiger partial charge < -0.3 is 10.6 Å². The third-order valence-corrected chi connectivity index (χ3v) is 5.36. The Labute approximate surface area is 116 Å². The average Bonchev–Trinajstić information content (AvgIpc) is 2.84. The van der Waals surface area contributed by atoms with Crippen molar-refractivity contribution in [1.29, 1.82) is 0 Å². The van der Waals surface area contributed by atoms with Gasteiger partial charge in [-0.15, -0.1) is 0 Å². The van der Waals surface area contributed by atoms with Crippen molar-refractivity contribution in [2.45, 2.75) is 63.6 Å². The quantitative estimate of drug-likeness (QED) is 0.775. The third-order valence-electron chi connectivity index (χ3n) is 5.36. The van der Waals surface area contributed by atoms with Crippen molar-refractivity contribution < 1.29 is 4.79 Å². The van der Waals surface area contributed by atoms with E-state index in [1.807, 2.05) is 0 Å². The van der Waals surface area contributed by atoms with Crippen LogP contribution in [0.2, 0.25) is 0 Å². The summed E-state index contributed by atoms with van der Waals surface area (Å²) < 4.78 is 0. The summed E-state index contributed by atoms with van der Waals surface area (Å²) in [7, 11) is 0. The lowest BCUT2D eigenvalue weighted by Crippen LogP contribution is -2.59. The Hall–Kier alpha value is -0.610. The average molecular weight is 265 g/mol. The van der Waals surface area contributed by atoms with Crippen LogP contribution in [0.1, 0.15) is 45.4 Å². The van der Waals surface area contributed by atoms with E-state index in [1.54, 1.807) is 0 Å². The van der Waals surface area contributed by atoms with E-state index in [1.165, 1.54) is 32.2 Å². The molecular weight excluding hydrogens is 238 g/mol. The van der Waals surface area contributed by atoms with Crippen LogP contribution in [0.3, 0.4) is 0 Å². The van der Waals surface area contributed by atoms with Gasteiger partial charge >= 0.3 is 0 Å². The van der Waals surface area contributed by atoms with E-state index in [0.29, 0.717) is 18.0 Å². The summed E-state index contributed by atoms with van der Waals surface area (Å²) in [6.45, 7) is 5.41. The smallest absolute Gasteiger partial charge is 0.227 e. The van der Waals surface area contributed by atoms with Gasteiger partial charge in [0.2, 0.25) is 5.91 Å². The van der Waals surface area contributed by atoms with Crippen molar-refractivity contribution in [2.75, 3.05) is 19.6 Å². The maximum Gasteiger partial charge on any atom is 0.227 e. The van der Waals surface area contributed by atoms with Gasteiger partial charge in [-0.05, 0) is 39.2 Å². The molecule has 0 aromatic carbocycles. The van der Waals surface area contributed by atoms with Crippen molar-refractivity contribution in [3.63, 3.8) is 0 Å². The molecule has 3 rings (SSSR count). The molecule has 2 N–H and O–H groups in total. The number of fused-ring (bicyclic) bond motifs is 1. The Morgan fingerprint density at radius 1 is 1.11 bits per heavy atom. The van der Waals surface area contributed by atoms with E-state index in [9.17, 15) is 4.79 Å². The van der Waals surface area contributed by atoms with Gasteiger partial charge in [-0.3, -0.25) is 9.69 Å². The first-order valence-electron chi connectivity index (χ1n) is 7.97. The molecule has 4 unspecified atom stereocenters. The van der Waals surface area contributed by atoms with Gasteiger partial charge in [0.25, 0.3) is 0 Å². The second kappa shape index (κ2) is 5.41. The number of hydrogen-bond donors (Lipinski definition) is 1. The number of hydrogen-bond acceptors (Lipinski definition) is 3. The molecule has 0 radical (unpaired) electrons. The highest BCUT2D eigenvalue weighted by Crippen LogP contribution is 2.29. The number of carbonyl (C=O) groups is 1. The topological polar surface area (TPSA) is 49.6 Å². The summed E-state index contributed by atoms with van der Waals surface area (Å²) in [4.78, 5) is 17.5. The lowest BCUT2D eigenvalue weighted by Gasteiger charge is -2.44. The Kier molecular flexibility index (Phi) is 3.81. The molecule has 0 aromatic rings. The van der Waals surface area contributed by atoms with Crippen molar-refractivity contribution in [1.82, 2.24) is 9.80 Å². The lowest BCUT2D eigenvalue weighted by atomic mass is 9.83. The molecule has 1 saturated carbocycles. The van der Waals surface area contributed by atoms with Gasteiger partial charge in [0.05, 0.1) is 5.92 Å². The van der Waals surface area contributed by atoms with E-state index >= 15 is 0 Å². The summed E-state index contributed by atoms with van der Waals surface area (Å²) in [6, 6.07) is 1.06. The normalized spacial score (nSPS) is 40.2. The monoisotopic (exact) mass is 265 g/mol. The molecule has 3 aliphatic rings. The molecule has 0 bridgehead atoms. The molecular formula is C15H27N3O. The molecule has 3 fully saturated rings. The van der Waals surface area contributed by atoms with Crippen molar-refractivity contribution in [3.8, 4) is 0 Å². The Bertz CT molecular complexity index is 346.